The standard InChI is InChI=1S/C13H16N4O2S/c1-17-13(14-15-16-17)9-20(18,19)12-8-4-6-10-5-2-3-7-11(10)12/h2-3,5,7,12H,4,6,8-9H2,1H3. The fourth-order valence-corrected chi connectivity index (χ4v) is 4.68. The molecule has 7 heteroatoms. The molecule has 0 fully saturated rings. The molecular weight excluding hydrogens is 276 g/mol. The van der Waals surface area contributed by atoms with Crippen LogP contribution in [0.2, 0.25) is 0 Å². The van der Waals surface area contributed by atoms with E-state index < -0.39 is 15.1 Å². The van der Waals surface area contributed by atoms with Gasteiger partial charge in [0.1, 0.15) is 5.75 Å². The minimum absolute atomic E-state index is 0.116. The average Bonchev–Trinajstić information content (AvgIpc) is 2.83. The highest BCUT2D eigenvalue weighted by molar-refractivity contribution is 7.90. The van der Waals surface area contributed by atoms with Gasteiger partial charge in [-0.3, -0.25) is 0 Å². The van der Waals surface area contributed by atoms with Crippen LogP contribution in [0.1, 0.15) is 35.0 Å². The van der Waals surface area contributed by atoms with Gasteiger partial charge in [-0.25, -0.2) is 13.1 Å². The molecule has 0 spiro atoms. The predicted molar refractivity (Wildman–Crippen MR) is 73.5 cm³/mol. The van der Waals surface area contributed by atoms with E-state index in [2.05, 4.69) is 15.5 Å². The molecule has 20 heavy (non-hydrogen) atoms. The van der Waals surface area contributed by atoms with Crippen LogP contribution in [0.15, 0.2) is 24.3 Å². The molecule has 0 bridgehead atoms. The second-order valence-electron chi connectivity index (χ2n) is 5.11. The second kappa shape index (κ2) is 4.97. The molecule has 106 valence electrons. The van der Waals surface area contributed by atoms with Gasteiger partial charge in [0.05, 0.1) is 5.25 Å². The van der Waals surface area contributed by atoms with E-state index in [-0.39, 0.29) is 5.75 Å². The van der Waals surface area contributed by atoms with Gasteiger partial charge in [0, 0.05) is 7.05 Å². The van der Waals surface area contributed by atoms with Crippen molar-refractivity contribution < 1.29 is 8.42 Å². The summed E-state index contributed by atoms with van der Waals surface area (Å²) in [6, 6.07) is 7.80. The van der Waals surface area contributed by atoms with Crippen LogP contribution >= 0.6 is 0 Å². The second-order valence-corrected chi connectivity index (χ2v) is 7.29. The number of aromatic nitrogens is 4. The van der Waals surface area contributed by atoms with Gasteiger partial charge in [-0.2, -0.15) is 0 Å². The third-order valence-corrected chi connectivity index (χ3v) is 5.80. The summed E-state index contributed by atoms with van der Waals surface area (Å²) >= 11 is 0. The molecule has 1 aromatic heterocycles. The van der Waals surface area contributed by atoms with Gasteiger partial charge in [0.15, 0.2) is 15.7 Å². The molecule has 1 atom stereocenters. The average molecular weight is 292 g/mol. The molecule has 3 rings (SSSR count). The van der Waals surface area contributed by atoms with Crippen LogP contribution in [0.25, 0.3) is 0 Å². The molecule has 1 aromatic carbocycles. The maximum Gasteiger partial charge on any atom is 0.166 e. The predicted octanol–water partition coefficient (Wildman–Crippen LogP) is 1.20. The van der Waals surface area contributed by atoms with Gasteiger partial charge in [0.2, 0.25) is 0 Å². The van der Waals surface area contributed by atoms with Crippen molar-refractivity contribution in [3.05, 3.63) is 41.2 Å². The van der Waals surface area contributed by atoms with Crippen LogP contribution < -0.4 is 0 Å². The van der Waals surface area contributed by atoms with Gasteiger partial charge in [-0.05, 0) is 40.8 Å². The van der Waals surface area contributed by atoms with Gasteiger partial charge in [0.25, 0.3) is 0 Å². The van der Waals surface area contributed by atoms with E-state index in [1.165, 1.54) is 4.68 Å². The van der Waals surface area contributed by atoms with E-state index in [1.54, 1.807) is 7.05 Å². The van der Waals surface area contributed by atoms with Gasteiger partial charge in [-0.15, -0.1) is 5.10 Å². The lowest BCUT2D eigenvalue weighted by molar-refractivity contribution is 0.556. The van der Waals surface area contributed by atoms with E-state index in [1.807, 2.05) is 24.3 Å². The van der Waals surface area contributed by atoms with Crippen molar-refractivity contribution in [2.45, 2.75) is 30.3 Å². The monoisotopic (exact) mass is 292 g/mol. The normalized spacial score (nSPS) is 18.8. The van der Waals surface area contributed by atoms with Crippen molar-refractivity contribution in [2.75, 3.05) is 0 Å². The van der Waals surface area contributed by atoms with Crippen LogP contribution in [-0.4, -0.2) is 28.6 Å². The Hall–Kier alpha value is -1.76. The molecule has 6 nitrogen and oxygen atoms in total. The lowest BCUT2D eigenvalue weighted by Gasteiger charge is -2.25. The minimum Gasteiger partial charge on any atom is -0.232 e. The highest BCUT2D eigenvalue weighted by Gasteiger charge is 2.32. The first-order valence-electron chi connectivity index (χ1n) is 6.58. The molecule has 2 aromatic rings. The molecule has 0 radical (unpaired) electrons. The van der Waals surface area contributed by atoms with Crippen molar-refractivity contribution in [1.29, 1.82) is 0 Å². The summed E-state index contributed by atoms with van der Waals surface area (Å²) in [5.74, 6) is 0.267. The molecule has 0 saturated carbocycles. The molecule has 0 saturated heterocycles. The summed E-state index contributed by atoms with van der Waals surface area (Å²) < 4.78 is 26.7. The zero-order valence-corrected chi connectivity index (χ0v) is 12.0. The summed E-state index contributed by atoms with van der Waals surface area (Å²) in [7, 11) is -1.65. The lowest BCUT2D eigenvalue weighted by Crippen LogP contribution is -2.21. The fraction of sp³-hybridized carbons (Fsp3) is 0.462. The summed E-state index contributed by atoms with van der Waals surface area (Å²) in [5, 5.41) is 10.5. The quantitative estimate of drug-likeness (QED) is 0.849. The van der Waals surface area contributed by atoms with Crippen molar-refractivity contribution >= 4 is 9.84 Å². The van der Waals surface area contributed by atoms with E-state index in [9.17, 15) is 8.42 Å². The van der Waals surface area contributed by atoms with E-state index in [0.29, 0.717) is 12.2 Å². The SMILES string of the molecule is Cn1nnnc1CS(=O)(=O)C1CCCc2ccccc21. The number of tetrazole rings is 1. The Morgan fingerprint density at radius 3 is 2.90 bits per heavy atom. The molecular formula is C13H16N4O2S. The summed E-state index contributed by atoms with van der Waals surface area (Å²) in [5.41, 5.74) is 2.08. The molecule has 1 aliphatic rings. The Labute approximate surface area is 117 Å². The number of aryl methyl sites for hydroxylation is 2. The molecule has 1 heterocycles. The summed E-state index contributed by atoms with van der Waals surface area (Å²) in [4.78, 5) is 0. The smallest absolute Gasteiger partial charge is 0.166 e. The third-order valence-electron chi connectivity index (χ3n) is 3.79. The molecule has 1 aliphatic carbocycles. The number of sulfone groups is 1. The largest absolute Gasteiger partial charge is 0.232 e. The highest BCUT2D eigenvalue weighted by atomic mass is 32.2. The van der Waals surface area contributed by atoms with Crippen molar-refractivity contribution in [3.8, 4) is 0 Å². The minimum atomic E-state index is -3.31. The van der Waals surface area contributed by atoms with Crippen LogP contribution in [0.3, 0.4) is 0 Å². The number of rotatable bonds is 3. The first kappa shape index (κ1) is 13.2. The fourth-order valence-electron chi connectivity index (χ4n) is 2.73. The van der Waals surface area contributed by atoms with Crippen LogP contribution in [0.5, 0.6) is 0 Å². The van der Waals surface area contributed by atoms with Gasteiger partial charge >= 0.3 is 0 Å². The van der Waals surface area contributed by atoms with E-state index in [4.69, 9.17) is 0 Å². The van der Waals surface area contributed by atoms with Crippen molar-refractivity contribution in [3.63, 3.8) is 0 Å². The Kier molecular flexibility index (Phi) is 3.29. The van der Waals surface area contributed by atoms with E-state index in [0.717, 1.165) is 24.0 Å². The van der Waals surface area contributed by atoms with Gasteiger partial charge < -0.3 is 0 Å². The van der Waals surface area contributed by atoms with Crippen LogP contribution in [0, 0.1) is 0 Å². The Morgan fingerprint density at radius 2 is 2.15 bits per heavy atom. The topological polar surface area (TPSA) is 77.7 Å². The van der Waals surface area contributed by atoms with Crippen molar-refractivity contribution in [1.82, 2.24) is 20.2 Å². The molecule has 0 aliphatic heterocycles. The molecule has 0 amide bonds. The van der Waals surface area contributed by atoms with E-state index >= 15 is 0 Å². The maximum absolute atomic E-state index is 12.7. The zero-order valence-electron chi connectivity index (χ0n) is 11.2. The molecule has 1 unspecified atom stereocenters. The third kappa shape index (κ3) is 2.33. The summed E-state index contributed by atoms with van der Waals surface area (Å²) in [6.45, 7) is 0. The van der Waals surface area contributed by atoms with Crippen LogP contribution in [0.4, 0.5) is 0 Å². The Morgan fingerprint density at radius 1 is 1.35 bits per heavy atom. The summed E-state index contributed by atoms with van der Waals surface area (Å²) in [6.07, 6.45) is 2.52. The number of nitrogens with zero attached hydrogens (tertiary/aromatic N) is 4. The number of benzene rings is 1. The first-order chi connectivity index (χ1) is 9.58. The lowest BCUT2D eigenvalue weighted by atomic mass is 9.91. The number of hydrogen-bond donors (Lipinski definition) is 0. The van der Waals surface area contributed by atoms with Gasteiger partial charge in [-0.1, -0.05) is 24.3 Å². The van der Waals surface area contributed by atoms with Crippen LogP contribution in [-0.2, 0) is 29.1 Å². The Bertz CT molecular complexity index is 723. The van der Waals surface area contributed by atoms with Crippen molar-refractivity contribution in [2.24, 2.45) is 7.05 Å². The number of fused-ring (bicyclic) bond motifs is 1. The molecule has 0 N–H and O–H groups in total. The first-order valence-corrected chi connectivity index (χ1v) is 8.30. The number of hydrogen-bond acceptors (Lipinski definition) is 5. The maximum atomic E-state index is 12.7. The Balaban J connectivity index is 1.95. The zero-order chi connectivity index (χ0) is 14.2. The highest BCUT2D eigenvalue weighted by Crippen LogP contribution is 2.36.